The van der Waals surface area contributed by atoms with Crippen molar-refractivity contribution < 1.29 is 9.59 Å². The maximum atomic E-state index is 13.0. The van der Waals surface area contributed by atoms with Crippen molar-refractivity contribution in [1.29, 1.82) is 0 Å². The Morgan fingerprint density at radius 1 is 1.24 bits per heavy atom. The Morgan fingerprint density at radius 3 is 2.62 bits per heavy atom. The molecule has 2 saturated heterocycles. The Balaban J connectivity index is 1.75. The molecular weight excluding hydrogens is 266 g/mol. The number of likely N-dealkylation sites (tertiary alicyclic amines) is 1. The summed E-state index contributed by atoms with van der Waals surface area (Å²) in [6.07, 6.45) is 6.06. The summed E-state index contributed by atoms with van der Waals surface area (Å²) in [5.41, 5.74) is -0.579. The molecule has 3 rings (SSSR count). The second kappa shape index (κ2) is 5.59. The van der Waals surface area contributed by atoms with E-state index in [1.807, 2.05) is 11.8 Å². The number of carbonyl (C=O) groups excluding carboxylic acids is 2. The third-order valence-corrected chi connectivity index (χ3v) is 5.51. The molecule has 5 nitrogen and oxygen atoms in total. The number of piperazine rings is 1. The summed E-state index contributed by atoms with van der Waals surface area (Å²) < 4.78 is 0. The topological polar surface area (TPSA) is 52.7 Å². The van der Waals surface area contributed by atoms with Crippen LogP contribution in [0.5, 0.6) is 0 Å². The minimum absolute atomic E-state index is 0.0284. The first-order valence-electron chi connectivity index (χ1n) is 8.33. The zero-order valence-electron chi connectivity index (χ0n) is 13.2. The molecule has 5 heteroatoms. The second-order valence-corrected chi connectivity index (χ2v) is 7.18. The Morgan fingerprint density at radius 2 is 1.95 bits per heavy atom. The third-order valence-electron chi connectivity index (χ3n) is 5.51. The number of amides is 2. The van der Waals surface area contributed by atoms with E-state index in [2.05, 4.69) is 17.3 Å². The van der Waals surface area contributed by atoms with E-state index in [1.165, 1.54) is 6.42 Å². The Kier molecular flexibility index (Phi) is 3.95. The Bertz CT molecular complexity index is 431. The molecule has 2 aliphatic heterocycles. The maximum absolute atomic E-state index is 13.0. The SMILES string of the molecule is CC1C(=O)NC2(CCCC2)C(=O)N1CC1CCCN(C)C1. The molecule has 1 N–H and O–H groups in total. The van der Waals surface area contributed by atoms with Gasteiger partial charge in [-0.25, -0.2) is 0 Å². The van der Waals surface area contributed by atoms with Gasteiger partial charge in [0.25, 0.3) is 0 Å². The molecule has 2 amide bonds. The first-order valence-corrected chi connectivity index (χ1v) is 8.33. The van der Waals surface area contributed by atoms with Gasteiger partial charge in [-0.3, -0.25) is 9.59 Å². The van der Waals surface area contributed by atoms with Crippen LogP contribution in [0.15, 0.2) is 0 Å². The van der Waals surface area contributed by atoms with E-state index in [9.17, 15) is 9.59 Å². The van der Waals surface area contributed by atoms with Gasteiger partial charge in [0, 0.05) is 13.1 Å². The largest absolute Gasteiger partial charge is 0.340 e. The maximum Gasteiger partial charge on any atom is 0.249 e. The highest BCUT2D eigenvalue weighted by Gasteiger charge is 2.51. The summed E-state index contributed by atoms with van der Waals surface area (Å²) in [5.74, 6) is 0.695. The van der Waals surface area contributed by atoms with E-state index in [1.54, 1.807) is 0 Å². The van der Waals surface area contributed by atoms with Crippen LogP contribution in [0.3, 0.4) is 0 Å². The van der Waals surface area contributed by atoms with Crippen molar-refractivity contribution in [3.8, 4) is 0 Å². The number of hydrogen-bond acceptors (Lipinski definition) is 3. The van der Waals surface area contributed by atoms with Crippen LogP contribution in [-0.4, -0.2) is 59.9 Å². The smallest absolute Gasteiger partial charge is 0.249 e. The Hall–Kier alpha value is -1.10. The third kappa shape index (κ3) is 2.68. The summed E-state index contributed by atoms with van der Waals surface area (Å²) >= 11 is 0. The zero-order chi connectivity index (χ0) is 15.0. The van der Waals surface area contributed by atoms with Crippen LogP contribution in [0, 0.1) is 5.92 Å². The fourth-order valence-electron chi connectivity index (χ4n) is 4.24. The van der Waals surface area contributed by atoms with Gasteiger partial charge in [-0.15, -0.1) is 0 Å². The first kappa shape index (κ1) is 14.8. The van der Waals surface area contributed by atoms with Crippen molar-refractivity contribution in [1.82, 2.24) is 15.1 Å². The lowest BCUT2D eigenvalue weighted by Gasteiger charge is -2.45. The lowest BCUT2D eigenvalue weighted by molar-refractivity contribution is -0.155. The highest BCUT2D eigenvalue weighted by atomic mass is 16.2. The number of carbonyl (C=O) groups is 2. The fourth-order valence-corrected chi connectivity index (χ4v) is 4.24. The second-order valence-electron chi connectivity index (χ2n) is 7.18. The van der Waals surface area contributed by atoms with Gasteiger partial charge in [0.1, 0.15) is 11.6 Å². The van der Waals surface area contributed by atoms with Gasteiger partial charge in [0.15, 0.2) is 0 Å². The van der Waals surface area contributed by atoms with Crippen molar-refractivity contribution in [3.63, 3.8) is 0 Å². The van der Waals surface area contributed by atoms with Crippen LogP contribution >= 0.6 is 0 Å². The van der Waals surface area contributed by atoms with Gasteiger partial charge in [-0.05, 0) is 52.1 Å². The van der Waals surface area contributed by atoms with E-state index < -0.39 is 5.54 Å². The lowest BCUT2D eigenvalue weighted by atomic mass is 9.89. The number of piperidine rings is 1. The molecule has 2 atom stereocenters. The van der Waals surface area contributed by atoms with E-state index in [0.29, 0.717) is 5.92 Å². The predicted molar refractivity (Wildman–Crippen MR) is 80.7 cm³/mol. The van der Waals surface area contributed by atoms with Gasteiger partial charge >= 0.3 is 0 Å². The molecule has 1 saturated carbocycles. The number of nitrogens with one attached hydrogen (secondary N) is 1. The van der Waals surface area contributed by atoms with Gasteiger partial charge in [0.2, 0.25) is 11.8 Å². The Labute approximate surface area is 127 Å². The van der Waals surface area contributed by atoms with Crippen molar-refractivity contribution in [2.45, 2.75) is 57.0 Å². The van der Waals surface area contributed by atoms with Crippen LogP contribution in [0.25, 0.3) is 0 Å². The average Bonchev–Trinajstić information content (AvgIpc) is 2.91. The van der Waals surface area contributed by atoms with Crippen LogP contribution in [0.2, 0.25) is 0 Å². The highest BCUT2D eigenvalue weighted by Crippen LogP contribution is 2.35. The molecule has 118 valence electrons. The summed E-state index contributed by atoms with van der Waals surface area (Å²) in [6.45, 7) is 4.77. The molecule has 0 bridgehead atoms. The van der Waals surface area contributed by atoms with Gasteiger partial charge in [0.05, 0.1) is 0 Å². The monoisotopic (exact) mass is 293 g/mol. The van der Waals surface area contributed by atoms with E-state index in [4.69, 9.17) is 0 Å². The van der Waals surface area contributed by atoms with Crippen LogP contribution in [0.4, 0.5) is 0 Å². The highest BCUT2D eigenvalue weighted by molar-refractivity contribution is 5.99. The molecule has 1 aliphatic carbocycles. The molecule has 3 aliphatic rings. The molecular formula is C16H27N3O2. The van der Waals surface area contributed by atoms with E-state index in [-0.39, 0.29) is 17.9 Å². The molecule has 3 fully saturated rings. The number of rotatable bonds is 2. The average molecular weight is 293 g/mol. The van der Waals surface area contributed by atoms with Gasteiger partial charge in [-0.2, -0.15) is 0 Å². The van der Waals surface area contributed by atoms with E-state index >= 15 is 0 Å². The minimum Gasteiger partial charge on any atom is -0.340 e. The van der Waals surface area contributed by atoms with Gasteiger partial charge in [-0.1, -0.05) is 12.8 Å². The molecule has 0 aromatic carbocycles. The van der Waals surface area contributed by atoms with Crippen LogP contribution in [0.1, 0.15) is 45.4 Å². The van der Waals surface area contributed by atoms with Crippen LogP contribution < -0.4 is 5.32 Å². The molecule has 0 radical (unpaired) electrons. The standard InChI is InChI=1S/C16H27N3O2/c1-12-14(20)17-16(7-3-4-8-16)15(21)19(12)11-13-6-5-9-18(2)10-13/h12-13H,3-11H2,1-2H3,(H,17,20). The molecule has 21 heavy (non-hydrogen) atoms. The number of hydrogen-bond donors (Lipinski definition) is 1. The van der Waals surface area contributed by atoms with Crippen molar-refractivity contribution >= 4 is 11.8 Å². The quantitative estimate of drug-likeness (QED) is 0.826. The summed E-state index contributed by atoms with van der Waals surface area (Å²) in [7, 11) is 2.14. The van der Waals surface area contributed by atoms with E-state index in [0.717, 1.165) is 51.7 Å². The zero-order valence-corrected chi connectivity index (χ0v) is 13.2. The predicted octanol–water partition coefficient (Wildman–Crippen LogP) is 0.988. The number of nitrogens with zero attached hydrogens (tertiary/aromatic N) is 2. The molecule has 0 aromatic heterocycles. The first-order chi connectivity index (χ1) is 10.0. The lowest BCUT2D eigenvalue weighted by Crippen LogP contribution is -2.69. The summed E-state index contributed by atoms with van der Waals surface area (Å²) in [4.78, 5) is 29.5. The van der Waals surface area contributed by atoms with Crippen molar-refractivity contribution in [3.05, 3.63) is 0 Å². The summed E-state index contributed by atoms with van der Waals surface area (Å²) in [6, 6.07) is -0.323. The molecule has 0 aromatic rings. The van der Waals surface area contributed by atoms with Crippen molar-refractivity contribution in [2.24, 2.45) is 5.92 Å². The normalized spacial score (nSPS) is 33.5. The van der Waals surface area contributed by atoms with Gasteiger partial charge < -0.3 is 15.1 Å². The van der Waals surface area contributed by atoms with Crippen molar-refractivity contribution in [2.75, 3.05) is 26.7 Å². The van der Waals surface area contributed by atoms with Crippen LogP contribution in [-0.2, 0) is 9.59 Å². The molecule has 2 heterocycles. The minimum atomic E-state index is -0.579. The fraction of sp³-hybridized carbons (Fsp3) is 0.875. The molecule has 2 unspecified atom stereocenters. The summed E-state index contributed by atoms with van der Waals surface area (Å²) in [5, 5.41) is 3.03. The molecule has 1 spiro atoms.